The SMILES string of the molecule is CCCCn1c(C)c(C(=O)OCC)c2cc(OC(=O)c3cccc(N4C(=O)CCC4=O)c3)c3ccccc3c21. The van der Waals surface area contributed by atoms with E-state index in [0.29, 0.717) is 22.4 Å². The maximum atomic E-state index is 13.4. The van der Waals surface area contributed by atoms with Gasteiger partial charge in [-0.1, -0.05) is 43.7 Å². The Kier molecular flexibility index (Phi) is 7.19. The first kappa shape index (κ1) is 26.2. The molecule has 0 bridgehead atoms. The molecule has 2 heterocycles. The number of ether oxygens (including phenoxy) is 2. The van der Waals surface area contributed by atoms with E-state index in [1.165, 1.54) is 6.07 Å². The minimum absolute atomic E-state index is 0.152. The molecule has 0 saturated carbocycles. The molecule has 1 saturated heterocycles. The third-order valence-electron chi connectivity index (χ3n) is 7.09. The van der Waals surface area contributed by atoms with Crippen LogP contribution in [0.1, 0.15) is 65.9 Å². The van der Waals surface area contributed by atoms with Gasteiger partial charge in [0, 0.05) is 41.2 Å². The lowest BCUT2D eigenvalue weighted by molar-refractivity contribution is -0.121. The number of fused-ring (bicyclic) bond motifs is 3. The molecule has 8 nitrogen and oxygen atoms in total. The van der Waals surface area contributed by atoms with Crippen LogP contribution in [0.5, 0.6) is 5.75 Å². The summed E-state index contributed by atoms with van der Waals surface area (Å²) in [5, 5.41) is 2.24. The van der Waals surface area contributed by atoms with Crippen LogP contribution >= 0.6 is 0 Å². The molecule has 0 atom stereocenters. The first-order chi connectivity index (χ1) is 18.8. The van der Waals surface area contributed by atoms with Crippen LogP contribution in [0.3, 0.4) is 0 Å². The second-order valence-electron chi connectivity index (χ2n) is 9.57. The fraction of sp³-hybridized carbons (Fsp3) is 0.290. The Labute approximate surface area is 226 Å². The van der Waals surface area contributed by atoms with Crippen molar-refractivity contribution >= 4 is 51.1 Å². The molecular weight excluding hydrogens is 496 g/mol. The predicted molar refractivity (Wildman–Crippen MR) is 148 cm³/mol. The van der Waals surface area contributed by atoms with Crippen LogP contribution in [-0.4, -0.2) is 34.9 Å². The number of hydrogen-bond donors (Lipinski definition) is 0. The molecule has 8 heteroatoms. The Morgan fingerprint density at radius 3 is 2.28 bits per heavy atom. The van der Waals surface area contributed by atoms with Gasteiger partial charge in [-0.25, -0.2) is 9.59 Å². The maximum Gasteiger partial charge on any atom is 0.343 e. The fourth-order valence-corrected chi connectivity index (χ4v) is 5.24. The Morgan fingerprint density at radius 2 is 1.59 bits per heavy atom. The van der Waals surface area contributed by atoms with E-state index in [0.717, 1.165) is 46.3 Å². The number of anilines is 1. The third kappa shape index (κ3) is 4.67. The van der Waals surface area contributed by atoms with E-state index >= 15 is 0 Å². The van der Waals surface area contributed by atoms with E-state index < -0.39 is 11.9 Å². The van der Waals surface area contributed by atoms with E-state index in [1.807, 2.05) is 31.2 Å². The van der Waals surface area contributed by atoms with Crippen LogP contribution in [-0.2, 0) is 20.9 Å². The summed E-state index contributed by atoms with van der Waals surface area (Å²) < 4.78 is 13.5. The standard InChI is InChI=1S/C31H30N2O6/c1-4-6-16-32-19(3)28(31(37)38-5-2)24-18-25(22-12-7-8-13-23(22)29(24)32)39-30(36)20-10-9-11-21(17-20)33-26(34)14-15-27(33)35/h7-13,17-18H,4-6,14-16H2,1-3H3. The lowest BCUT2D eigenvalue weighted by atomic mass is 10.0. The minimum Gasteiger partial charge on any atom is -0.462 e. The van der Waals surface area contributed by atoms with Crippen LogP contribution in [0, 0.1) is 6.92 Å². The highest BCUT2D eigenvalue weighted by molar-refractivity contribution is 6.20. The third-order valence-corrected chi connectivity index (χ3v) is 7.09. The van der Waals surface area contributed by atoms with Crippen molar-refractivity contribution < 1.29 is 28.7 Å². The zero-order chi connectivity index (χ0) is 27.7. The minimum atomic E-state index is -0.639. The number of aromatic nitrogens is 1. The van der Waals surface area contributed by atoms with Crippen molar-refractivity contribution in [3.8, 4) is 5.75 Å². The van der Waals surface area contributed by atoms with Crippen molar-refractivity contribution in [1.82, 2.24) is 4.57 Å². The summed E-state index contributed by atoms with van der Waals surface area (Å²) in [5.74, 6) is -1.34. The van der Waals surface area contributed by atoms with Gasteiger partial charge >= 0.3 is 11.9 Å². The number of aryl methyl sites for hydroxylation is 1. The van der Waals surface area contributed by atoms with E-state index in [-0.39, 0.29) is 36.8 Å². The molecule has 3 aromatic carbocycles. The number of carbonyl (C=O) groups excluding carboxylic acids is 4. The monoisotopic (exact) mass is 526 g/mol. The van der Waals surface area contributed by atoms with Gasteiger partial charge < -0.3 is 14.0 Å². The second kappa shape index (κ2) is 10.7. The van der Waals surface area contributed by atoms with Crippen LogP contribution < -0.4 is 9.64 Å². The number of amides is 2. The molecule has 1 aliphatic heterocycles. The molecule has 1 aromatic heterocycles. The van der Waals surface area contributed by atoms with Crippen molar-refractivity contribution in [2.45, 2.75) is 53.0 Å². The summed E-state index contributed by atoms with van der Waals surface area (Å²) in [6.07, 6.45) is 2.24. The molecule has 1 aliphatic rings. The summed E-state index contributed by atoms with van der Waals surface area (Å²) in [6.45, 7) is 6.78. The highest BCUT2D eigenvalue weighted by Crippen LogP contribution is 2.39. The summed E-state index contributed by atoms with van der Waals surface area (Å²) >= 11 is 0. The van der Waals surface area contributed by atoms with Crippen LogP contribution in [0.15, 0.2) is 54.6 Å². The molecule has 39 heavy (non-hydrogen) atoms. The van der Waals surface area contributed by atoms with Gasteiger partial charge in [0.2, 0.25) is 11.8 Å². The van der Waals surface area contributed by atoms with Gasteiger partial charge in [0.1, 0.15) is 5.75 Å². The van der Waals surface area contributed by atoms with E-state index in [1.54, 1.807) is 31.2 Å². The fourth-order valence-electron chi connectivity index (χ4n) is 5.24. The van der Waals surface area contributed by atoms with E-state index in [2.05, 4.69) is 11.5 Å². The number of unbranched alkanes of at least 4 members (excludes halogenated alkanes) is 1. The molecule has 4 aromatic rings. The molecule has 200 valence electrons. The molecule has 2 amide bonds. The van der Waals surface area contributed by atoms with Crippen LogP contribution in [0.4, 0.5) is 5.69 Å². The average Bonchev–Trinajstić information content (AvgIpc) is 3.42. The molecule has 0 spiro atoms. The molecule has 0 N–H and O–H groups in total. The smallest absolute Gasteiger partial charge is 0.343 e. The van der Waals surface area contributed by atoms with E-state index in [9.17, 15) is 19.2 Å². The number of rotatable bonds is 8. The van der Waals surface area contributed by atoms with Crippen molar-refractivity contribution in [2.24, 2.45) is 0 Å². The van der Waals surface area contributed by atoms with E-state index in [4.69, 9.17) is 9.47 Å². The highest BCUT2D eigenvalue weighted by atomic mass is 16.5. The van der Waals surface area contributed by atoms with Gasteiger partial charge in [-0.15, -0.1) is 0 Å². The van der Waals surface area contributed by atoms with Crippen molar-refractivity contribution in [2.75, 3.05) is 11.5 Å². The number of nitrogens with zero attached hydrogens (tertiary/aromatic N) is 2. The normalized spacial score (nSPS) is 13.5. The zero-order valence-electron chi connectivity index (χ0n) is 22.3. The topological polar surface area (TPSA) is 94.9 Å². The quantitative estimate of drug-likeness (QED) is 0.160. The van der Waals surface area contributed by atoms with Gasteiger partial charge in [0.25, 0.3) is 0 Å². The van der Waals surface area contributed by atoms with Crippen molar-refractivity contribution in [1.29, 1.82) is 0 Å². The average molecular weight is 527 g/mol. The maximum absolute atomic E-state index is 13.4. The lowest BCUT2D eigenvalue weighted by Gasteiger charge is -2.15. The number of imide groups is 1. The van der Waals surface area contributed by atoms with Gasteiger partial charge in [-0.05, 0) is 44.5 Å². The van der Waals surface area contributed by atoms with Crippen molar-refractivity contribution in [3.63, 3.8) is 0 Å². The molecule has 0 radical (unpaired) electrons. The zero-order valence-corrected chi connectivity index (χ0v) is 22.3. The van der Waals surface area contributed by atoms with Crippen molar-refractivity contribution in [3.05, 3.63) is 71.4 Å². The number of esters is 2. The van der Waals surface area contributed by atoms with Crippen LogP contribution in [0.2, 0.25) is 0 Å². The lowest BCUT2D eigenvalue weighted by Crippen LogP contribution is -2.28. The van der Waals surface area contributed by atoms with Gasteiger partial charge in [0.05, 0.1) is 28.9 Å². The second-order valence-corrected chi connectivity index (χ2v) is 9.57. The molecule has 5 rings (SSSR count). The molecule has 0 aliphatic carbocycles. The summed E-state index contributed by atoms with van der Waals surface area (Å²) in [6, 6.07) is 15.6. The Bertz CT molecular complexity index is 1620. The molecule has 0 unspecified atom stereocenters. The summed E-state index contributed by atoms with van der Waals surface area (Å²) in [4.78, 5) is 51.9. The Hall–Kier alpha value is -4.46. The largest absolute Gasteiger partial charge is 0.462 e. The summed E-state index contributed by atoms with van der Waals surface area (Å²) in [5.41, 5.74) is 2.70. The van der Waals surface area contributed by atoms with Gasteiger partial charge in [-0.3, -0.25) is 14.5 Å². The Morgan fingerprint density at radius 1 is 0.872 bits per heavy atom. The molecular formula is C31H30N2O6. The number of carbonyl (C=O) groups is 4. The summed E-state index contributed by atoms with van der Waals surface area (Å²) in [7, 11) is 0. The van der Waals surface area contributed by atoms with Crippen LogP contribution in [0.25, 0.3) is 21.7 Å². The Balaban J connectivity index is 1.62. The predicted octanol–water partition coefficient (Wildman–Crippen LogP) is 5.95. The van der Waals surface area contributed by atoms with Gasteiger partial charge in [0.15, 0.2) is 0 Å². The first-order valence-corrected chi connectivity index (χ1v) is 13.2. The number of hydrogen-bond acceptors (Lipinski definition) is 6. The first-order valence-electron chi connectivity index (χ1n) is 13.2. The highest BCUT2D eigenvalue weighted by Gasteiger charge is 2.31. The molecule has 1 fully saturated rings. The number of benzene rings is 3. The van der Waals surface area contributed by atoms with Gasteiger partial charge in [-0.2, -0.15) is 0 Å².